The van der Waals surface area contributed by atoms with Gasteiger partial charge in [-0.15, -0.1) is 0 Å². The molecule has 2 aliphatic heterocycles. The molecule has 1 fully saturated rings. The Labute approximate surface area is 454 Å². The monoisotopic (exact) mass is 1110 g/mol. The summed E-state index contributed by atoms with van der Waals surface area (Å²) in [5, 5.41) is 46.8. The second-order valence-electron chi connectivity index (χ2n) is 18.8. The summed E-state index contributed by atoms with van der Waals surface area (Å²) < 4.78 is 38.6. The van der Waals surface area contributed by atoms with E-state index in [1.165, 1.54) is 12.2 Å². The first-order valence-electron chi connectivity index (χ1n) is 26.4. The molecule has 0 aromatic carbocycles. The van der Waals surface area contributed by atoms with E-state index in [0.29, 0.717) is 52.0 Å². The molecule has 0 spiro atoms. The van der Waals surface area contributed by atoms with Gasteiger partial charge in [0.15, 0.2) is 0 Å². The van der Waals surface area contributed by atoms with Crippen LogP contribution in [0.4, 0.5) is 4.79 Å². The molecule has 1 saturated heterocycles. The van der Waals surface area contributed by atoms with Gasteiger partial charge in [-0.2, -0.15) is 0 Å². The van der Waals surface area contributed by atoms with Crippen molar-refractivity contribution in [2.75, 3.05) is 177 Å². The number of nitrogens with zero attached hydrogens (tertiary/aromatic N) is 5. The Morgan fingerprint density at radius 1 is 0.590 bits per heavy atom. The van der Waals surface area contributed by atoms with Gasteiger partial charge < -0.3 is 69.5 Å². The quantitative estimate of drug-likeness (QED) is 0.0205. The van der Waals surface area contributed by atoms with Gasteiger partial charge in [0.25, 0.3) is 11.8 Å². The minimum atomic E-state index is -1.19. The number of aliphatic carboxylic acids is 4. The van der Waals surface area contributed by atoms with E-state index in [-0.39, 0.29) is 182 Å². The number of carboxylic acid groups (broad SMARTS) is 4. The summed E-state index contributed by atoms with van der Waals surface area (Å²) in [5.41, 5.74) is -0.662. The van der Waals surface area contributed by atoms with Crippen LogP contribution >= 0.6 is 0 Å². The van der Waals surface area contributed by atoms with Gasteiger partial charge in [0.2, 0.25) is 11.8 Å². The van der Waals surface area contributed by atoms with Crippen LogP contribution in [0.2, 0.25) is 0 Å². The number of hydrogen-bond acceptors (Lipinski definition) is 20. The van der Waals surface area contributed by atoms with E-state index in [4.69, 9.17) is 33.2 Å². The summed E-state index contributed by atoms with van der Waals surface area (Å²) in [4.78, 5) is 116. The topological polar surface area (TPSA) is 351 Å². The maximum absolute atomic E-state index is 13.1. The van der Waals surface area contributed by atoms with Crippen LogP contribution in [0.1, 0.15) is 45.4 Å². The number of carbonyl (C=O) groups excluding carboxylic acids is 5. The highest BCUT2D eigenvalue weighted by Gasteiger charge is 2.34. The molecule has 28 nitrogen and oxygen atoms in total. The maximum Gasteiger partial charge on any atom is 0.407 e. The molecule has 5 amide bonds. The fourth-order valence-electron chi connectivity index (χ4n) is 8.40. The molecule has 7 N–H and O–H groups in total. The lowest BCUT2D eigenvalue weighted by atomic mass is 9.78. The Hall–Kier alpha value is -5.69. The van der Waals surface area contributed by atoms with Gasteiger partial charge in [-0.05, 0) is 38.2 Å². The number of allylic oxidation sites excluding steroid dienone is 1. The lowest BCUT2D eigenvalue weighted by Gasteiger charge is -2.35. The number of hydrogen-bond donors (Lipinski definition) is 7. The largest absolute Gasteiger partial charge is 0.480 e. The van der Waals surface area contributed by atoms with Gasteiger partial charge in [-0.3, -0.25) is 62.9 Å². The van der Waals surface area contributed by atoms with Gasteiger partial charge >= 0.3 is 30.0 Å². The van der Waals surface area contributed by atoms with E-state index >= 15 is 0 Å². The van der Waals surface area contributed by atoms with Crippen LogP contribution in [0.5, 0.6) is 0 Å². The molecule has 1 unspecified atom stereocenters. The molecule has 0 radical (unpaired) electrons. The van der Waals surface area contributed by atoms with E-state index in [9.17, 15) is 63.6 Å². The maximum atomic E-state index is 13.1. The highest BCUT2D eigenvalue weighted by atomic mass is 16.6. The van der Waals surface area contributed by atoms with Crippen molar-refractivity contribution >= 4 is 53.6 Å². The van der Waals surface area contributed by atoms with Crippen molar-refractivity contribution in [2.24, 2.45) is 5.41 Å². The van der Waals surface area contributed by atoms with Gasteiger partial charge in [0.05, 0.1) is 105 Å². The van der Waals surface area contributed by atoms with Crippen LogP contribution in [0.3, 0.4) is 0 Å². The Balaban J connectivity index is 1.18. The molecule has 0 saturated carbocycles. The van der Waals surface area contributed by atoms with Crippen LogP contribution in [-0.4, -0.2) is 288 Å². The molecule has 0 bridgehead atoms. The van der Waals surface area contributed by atoms with Gasteiger partial charge in [-0.25, -0.2) is 4.79 Å². The van der Waals surface area contributed by atoms with E-state index in [1.807, 2.05) is 19.1 Å². The van der Waals surface area contributed by atoms with Gasteiger partial charge in [0.1, 0.15) is 12.1 Å². The minimum absolute atomic E-state index is 0.0637. The van der Waals surface area contributed by atoms with E-state index in [1.54, 1.807) is 19.6 Å². The van der Waals surface area contributed by atoms with Crippen LogP contribution in [-0.2, 0) is 71.5 Å². The number of carbonyl (C=O) groups is 9. The first-order valence-corrected chi connectivity index (χ1v) is 26.4. The smallest absolute Gasteiger partial charge is 0.407 e. The summed E-state index contributed by atoms with van der Waals surface area (Å²) in [6, 6.07) is -1.13. The zero-order chi connectivity index (χ0) is 57.0. The normalized spacial score (nSPS) is 20.2. The number of rotatable bonds is 37. The molecule has 442 valence electrons. The lowest BCUT2D eigenvalue weighted by molar-refractivity contribution is -0.145. The molecule has 1 aliphatic carbocycles. The van der Waals surface area contributed by atoms with E-state index in [2.05, 4.69) is 16.0 Å². The van der Waals surface area contributed by atoms with E-state index in [0.717, 1.165) is 4.90 Å². The second kappa shape index (κ2) is 38.8. The van der Waals surface area contributed by atoms with Crippen molar-refractivity contribution < 1.29 is 96.7 Å². The van der Waals surface area contributed by atoms with Crippen LogP contribution < -0.4 is 16.0 Å². The summed E-state index contributed by atoms with van der Waals surface area (Å²) in [7, 11) is 0. The van der Waals surface area contributed by atoms with Crippen molar-refractivity contribution in [3.8, 4) is 0 Å². The molecule has 3 rings (SSSR count). The molecule has 28 heteroatoms. The number of imide groups is 1. The highest BCUT2D eigenvalue weighted by Crippen LogP contribution is 2.33. The van der Waals surface area contributed by atoms with Crippen molar-refractivity contribution in [1.29, 1.82) is 0 Å². The van der Waals surface area contributed by atoms with Crippen molar-refractivity contribution in [2.45, 2.75) is 57.6 Å². The summed E-state index contributed by atoms with van der Waals surface area (Å²) >= 11 is 0. The lowest BCUT2D eigenvalue weighted by Crippen LogP contribution is -2.52. The molecular weight excluding hydrogens is 1030 g/mol. The van der Waals surface area contributed by atoms with Crippen molar-refractivity contribution in [3.05, 3.63) is 24.3 Å². The first-order chi connectivity index (χ1) is 37.4. The fraction of sp³-hybridized carbons (Fsp3) is 0.740. The zero-order valence-electron chi connectivity index (χ0n) is 44.9. The SMILES string of the molecule is C[C@]1(C(=O)NCCOCCOCCN2C(=O)C=CC2=O)CC/C=C/[C@@H](OC(=O)NCCOCCOCCOCCOCCNC(=O)CCC(C(=O)O)N2CCN(CC(=O)O)CCN(CC(=O)O)CCN(CC(=O)O)CC2)CC1. The van der Waals surface area contributed by atoms with Gasteiger partial charge in [0, 0.05) is 96.0 Å². The molecule has 3 aliphatic rings. The van der Waals surface area contributed by atoms with Crippen molar-refractivity contribution in [3.63, 3.8) is 0 Å². The first kappa shape index (κ1) is 66.6. The Morgan fingerprint density at radius 2 is 1.03 bits per heavy atom. The minimum Gasteiger partial charge on any atom is -0.480 e. The predicted octanol–water partition coefficient (Wildman–Crippen LogP) is -1.82. The predicted molar refractivity (Wildman–Crippen MR) is 275 cm³/mol. The van der Waals surface area contributed by atoms with Crippen molar-refractivity contribution in [1.82, 2.24) is 40.4 Å². The molecule has 0 aromatic heterocycles. The Bertz CT molecular complexity index is 1900. The third kappa shape index (κ3) is 29.3. The Morgan fingerprint density at radius 3 is 1.50 bits per heavy atom. The number of alkyl carbamates (subject to hydrolysis) is 1. The Kier molecular flexibility index (Phi) is 33.1. The second-order valence-corrected chi connectivity index (χ2v) is 18.8. The highest BCUT2D eigenvalue weighted by molar-refractivity contribution is 6.12. The average Bonchev–Trinajstić information content (AvgIpc) is 3.70. The third-order valence-electron chi connectivity index (χ3n) is 12.8. The molecular formula is C50H82N8O20. The van der Waals surface area contributed by atoms with Crippen LogP contribution in [0.15, 0.2) is 24.3 Å². The fourth-order valence-corrected chi connectivity index (χ4v) is 8.40. The average molecular weight is 1120 g/mol. The van der Waals surface area contributed by atoms with E-state index < -0.39 is 53.4 Å². The zero-order valence-corrected chi connectivity index (χ0v) is 44.9. The number of nitrogens with one attached hydrogen (secondary N) is 3. The molecule has 78 heavy (non-hydrogen) atoms. The standard InChI is InChI=1S/C50H82N8O20/c1-50(48(70)52-13-25-73-28-31-75-27-23-58-42(60)7-8-43(58)61)10-3-2-4-39(9-11-50)78-49(71)53-14-26-74-30-33-77-35-34-76-32-29-72-24-12-51-41(59)6-5-40(47(68)69)57-21-19-55(37-45(64)65)17-15-54(36-44(62)63)16-18-56(20-22-57)38-46(66)67/h2,4,7-8,39-40H,3,5-6,9-38H2,1H3,(H,51,59)(H,52,70)(H,53,71)(H,62,63)(H,64,65)(H,66,67)(H,68,69)/b4-2+/t39-,40?,50+/m1/s1. The third-order valence-corrected chi connectivity index (χ3v) is 12.8. The van der Waals surface area contributed by atoms with Crippen LogP contribution in [0.25, 0.3) is 0 Å². The molecule has 3 atom stereocenters. The molecule has 0 aromatic rings. The van der Waals surface area contributed by atoms with Gasteiger partial charge in [-0.1, -0.05) is 13.0 Å². The number of amides is 5. The summed E-state index contributed by atoms with van der Waals surface area (Å²) in [6.07, 6.45) is 7.15. The number of carboxylic acids is 4. The number of ether oxygens (including phenoxy) is 7. The summed E-state index contributed by atoms with van der Waals surface area (Å²) in [6.45, 7) is 6.20. The van der Waals surface area contributed by atoms with Crippen LogP contribution in [0, 0.1) is 5.41 Å². The molecule has 2 heterocycles. The summed E-state index contributed by atoms with van der Waals surface area (Å²) in [5.74, 6) is -5.69.